The first-order valence-corrected chi connectivity index (χ1v) is 12.1. The van der Waals surface area contributed by atoms with E-state index in [1.54, 1.807) is 23.1 Å². The van der Waals surface area contributed by atoms with Crippen LogP contribution in [-0.2, 0) is 21.9 Å². The summed E-state index contributed by atoms with van der Waals surface area (Å²) in [5.41, 5.74) is 1.13. The summed E-state index contributed by atoms with van der Waals surface area (Å²) in [7, 11) is 0. The lowest BCUT2D eigenvalue weighted by Gasteiger charge is -2.31. The first kappa shape index (κ1) is 25.5. The maximum absolute atomic E-state index is 14.0. The van der Waals surface area contributed by atoms with Gasteiger partial charge < -0.3 is 10.2 Å². The van der Waals surface area contributed by atoms with Gasteiger partial charge >= 0.3 is 0 Å². The van der Waals surface area contributed by atoms with E-state index < -0.39 is 11.9 Å². The molecule has 168 valence electrons. The first-order chi connectivity index (χ1) is 14.9. The van der Waals surface area contributed by atoms with Crippen LogP contribution in [0.2, 0.25) is 10.0 Å². The Labute approximate surface area is 197 Å². The van der Waals surface area contributed by atoms with Crippen LogP contribution in [0.5, 0.6) is 0 Å². The molecule has 0 heterocycles. The van der Waals surface area contributed by atoms with Crippen molar-refractivity contribution in [1.29, 1.82) is 0 Å². The minimum absolute atomic E-state index is 0.0900. The number of rotatable bonds is 11. The number of carbonyl (C=O) groups excluding carboxylic acids is 2. The van der Waals surface area contributed by atoms with Gasteiger partial charge in [-0.25, -0.2) is 4.39 Å². The molecule has 1 N–H and O–H groups in total. The minimum atomic E-state index is -0.618. The van der Waals surface area contributed by atoms with Gasteiger partial charge in [0.2, 0.25) is 11.8 Å². The lowest BCUT2D eigenvalue weighted by atomic mass is 10.1. The van der Waals surface area contributed by atoms with Crippen molar-refractivity contribution in [2.24, 2.45) is 0 Å². The Morgan fingerprint density at radius 2 is 1.81 bits per heavy atom. The molecule has 0 radical (unpaired) electrons. The van der Waals surface area contributed by atoms with Crippen molar-refractivity contribution in [3.8, 4) is 0 Å². The number of hydrogen-bond donors (Lipinski definition) is 1. The summed E-state index contributed by atoms with van der Waals surface area (Å²) in [5.74, 6) is -0.448. The highest BCUT2D eigenvalue weighted by Crippen LogP contribution is 2.25. The molecule has 0 saturated heterocycles. The monoisotopic (exact) mass is 484 g/mol. The van der Waals surface area contributed by atoms with Gasteiger partial charge in [0, 0.05) is 34.5 Å². The van der Waals surface area contributed by atoms with Crippen LogP contribution >= 0.6 is 35.0 Å². The van der Waals surface area contributed by atoms with Gasteiger partial charge in [-0.15, -0.1) is 11.8 Å². The Bertz CT molecular complexity index is 877. The Morgan fingerprint density at radius 1 is 1.10 bits per heavy atom. The van der Waals surface area contributed by atoms with E-state index in [1.807, 2.05) is 32.0 Å². The van der Waals surface area contributed by atoms with Crippen LogP contribution in [0.3, 0.4) is 0 Å². The largest absolute Gasteiger partial charge is 0.354 e. The number of nitrogens with one attached hydrogen (secondary N) is 1. The zero-order valence-electron chi connectivity index (χ0n) is 17.7. The second kappa shape index (κ2) is 12.9. The van der Waals surface area contributed by atoms with Gasteiger partial charge in [0.25, 0.3) is 0 Å². The molecule has 4 nitrogen and oxygen atoms in total. The SMILES string of the molecule is CCCNC(=O)C(CC)N(Cc1ccccc1Cl)C(=O)CSCc1c(F)cccc1Cl. The molecular formula is C23H27Cl2FN2O2S. The van der Waals surface area contributed by atoms with Gasteiger partial charge in [0.05, 0.1) is 5.75 Å². The molecule has 2 rings (SSSR count). The quantitative estimate of drug-likeness (QED) is 0.444. The summed E-state index contributed by atoms with van der Waals surface area (Å²) in [6.45, 7) is 4.61. The molecule has 0 spiro atoms. The maximum atomic E-state index is 14.0. The second-order valence-electron chi connectivity index (χ2n) is 7.02. The zero-order valence-corrected chi connectivity index (χ0v) is 20.0. The molecular weight excluding hydrogens is 458 g/mol. The number of carbonyl (C=O) groups is 2. The number of hydrogen-bond acceptors (Lipinski definition) is 3. The van der Waals surface area contributed by atoms with E-state index in [1.165, 1.54) is 17.8 Å². The summed E-state index contributed by atoms with van der Waals surface area (Å²) in [6, 6.07) is 11.2. The third kappa shape index (κ3) is 7.41. The third-order valence-electron chi connectivity index (χ3n) is 4.77. The van der Waals surface area contributed by atoms with Crippen LogP contribution in [0, 0.1) is 5.82 Å². The van der Waals surface area contributed by atoms with Crippen molar-refractivity contribution in [2.75, 3.05) is 12.3 Å². The molecule has 0 aliphatic carbocycles. The fourth-order valence-corrected chi connectivity index (χ4v) is 4.53. The normalized spacial score (nSPS) is 11.8. The number of halogens is 3. The van der Waals surface area contributed by atoms with Crippen molar-refractivity contribution in [1.82, 2.24) is 10.2 Å². The standard InChI is InChI=1S/C23H27Cl2FN2O2S/c1-3-12-27-23(30)21(4-2)28(13-16-8-5-6-9-18(16)24)22(29)15-31-14-17-19(25)10-7-11-20(17)26/h5-11,21H,3-4,12-15H2,1-2H3,(H,27,30). The molecule has 0 saturated carbocycles. The number of amides is 2. The summed E-state index contributed by atoms with van der Waals surface area (Å²) in [5, 5.41) is 3.74. The molecule has 0 fully saturated rings. The summed E-state index contributed by atoms with van der Waals surface area (Å²) >= 11 is 13.6. The molecule has 31 heavy (non-hydrogen) atoms. The molecule has 2 amide bonds. The molecule has 1 unspecified atom stereocenters. The van der Waals surface area contributed by atoms with E-state index in [2.05, 4.69) is 5.32 Å². The zero-order chi connectivity index (χ0) is 22.8. The van der Waals surface area contributed by atoms with E-state index in [0.29, 0.717) is 28.6 Å². The molecule has 1 atom stereocenters. The average molecular weight is 485 g/mol. The summed E-state index contributed by atoms with van der Waals surface area (Å²) < 4.78 is 14.0. The smallest absolute Gasteiger partial charge is 0.242 e. The van der Waals surface area contributed by atoms with E-state index in [0.717, 1.165) is 12.0 Å². The topological polar surface area (TPSA) is 49.4 Å². The van der Waals surface area contributed by atoms with E-state index >= 15 is 0 Å². The van der Waals surface area contributed by atoms with E-state index in [9.17, 15) is 14.0 Å². The van der Waals surface area contributed by atoms with Gasteiger partial charge in [-0.2, -0.15) is 0 Å². The molecule has 2 aromatic carbocycles. The second-order valence-corrected chi connectivity index (χ2v) is 8.82. The van der Waals surface area contributed by atoms with Crippen molar-refractivity contribution in [2.45, 2.75) is 45.0 Å². The van der Waals surface area contributed by atoms with Gasteiger partial charge in [0.15, 0.2) is 0 Å². The predicted molar refractivity (Wildman–Crippen MR) is 127 cm³/mol. The molecule has 2 aromatic rings. The van der Waals surface area contributed by atoms with Gasteiger partial charge in [-0.05, 0) is 36.6 Å². The van der Waals surface area contributed by atoms with Crippen molar-refractivity contribution in [3.63, 3.8) is 0 Å². The Balaban J connectivity index is 2.16. The van der Waals surface area contributed by atoms with Crippen LogP contribution in [0.1, 0.15) is 37.8 Å². The molecule has 8 heteroatoms. The summed E-state index contributed by atoms with van der Waals surface area (Å²) in [4.78, 5) is 27.4. The van der Waals surface area contributed by atoms with Crippen LogP contribution < -0.4 is 5.32 Å². The first-order valence-electron chi connectivity index (χ1n) is 10.2. The lowest BCUT2D eigenvalue weighted by Crippen LogP contribution is -2.49. The Hall–Kier alpha value is -1.76. The highest BCUT2D eigenvalue weighted by Gasteiger charge is 2.28. The Kier molecular flexibility index (Phi) is 10.6. The van der Waals surface area contributed by atoms with Gasteiger partial charge in [-0.1, -0.05) is 61.3 Å². The summed E-state index contributed by atoms with van der Waals surface area (Å²) in [6.07, 6.45) is 1.27. The van der Waals surface area contributed by atoms with Crippen LogP contribution in [0.4, 0.5) is 4.39 Å². The van der Waals surface area contributed by atoms with E-state index in [-0.39, 0.29) is 29.9 Å². The molecule has 0 bridgehead atoms. The minimum Gasteiger partial charge on any atom is -0.354 e. The maximum Gasteiger partial charge on any atom is 0.242 e. The number of nitrogens with zero attached hydrogens (tertiary/aromatic N) is 1. The van der Waals surface area contributed by atoms with Crippen LogP contribution in [-0.4, -0.2) is 35.1 Å². The van der Waals surface area contributed by atoms with Gasteiger partial charge in [0.1, 0.15) is 11.9 Å². The van der Waals surface area contributed by atoms with E-state index in [4.69, 9.17) is 23.2 Å². The Morgan fingerprint density at radius 3 is 2.45 bits per heavy atom. The van der Waals surface area contributed by atoms with Crippen molar-refractivity contribution >= 4 is 46.8 Å². The van der Waals surface area contributed by atoms with Crippen LogP contribution in [0.15, 0.2) is 42.5 Å². The highest BCUT2D eigenvalue weighted by atomic mass is 35.5. The molecule has 0 aliphatic heterocycles. The van der Waals surface area contributed by atoms with Crippen molar-refractivity contribution < 1.29 is 14.0 Å². The average Bonchev–Trinajstić information content (AvgIpc) is 2.75. The fraction of sp³-hybridized carbons (Fsp3) is 0.391. The third-order valence-corrected chi connectivity index (χ3v) is 6.43. The fourth-order valence-electron chi connectivity index (χ4n) is 3.09. The predicted octanol–water partition coefficient (Wildman–Crippen LogP) is 5.70. The number of thioether (sulfide) groups is 1. The molecule has 0 aromatic heterocycles. The van der Waals surface area contributed by atoms with Crippen LogP contribution in [0.25, 0.3) is 0 Å². The highest BCUT2D eigenvalue weighted by molar-refractivity contribution is 7.99. The van der Waals surface area contributed by atoms with Crippen molar-refractivity contribution in [3.05, 3.63) is 69.5 Å². The lowest BCUT2D eigenvalue weighted by molar-refractivity contribution is -0.139. The molecule has 0 aliphatic rings. The van der Waals surface area contributed by atoms with Gasteiger partial charge in [-0.3, -0.25) is 9.59 Å². The number of benzene rings is 2.